The molecule has 6 nitrogen and oxygen atoms in total. The third-order valence-electron chi connectivity index (χ3n) is 4.82. The standard InChI is InChI=1S/C19H25N5O/c1-2-7-23(8-3-1)17-13-16(22-19-20-5-4-6-21-19)14-18(15-17)24-9-11-25-12-10-24/h4-6,13-15H,1-3,7-12H2,(H,20,21,22). The number of nitrogens with zero attached hydrogens (tertiary/aromatic N) is 4. The molecule has 2 saturated heterocycles. The van der Waals surface area contributed by atoms with Crippen LogP contribution in [0.15, 0.2) is 36.7 Å². The highest BCUT2D eigenvalue weighted by Gasteiger charge is 2.17. The van der Waals surface area contributed by atoms with E-state index in [-0.39, 0.29) is 0 Å². The zero-order valence-corrected chi connectivity index (χ0v) is 14.5. The molecule has 0 unspecified atom stereocenters. The molecule has 2 fully saturated rings. The van der Waals surface area contributed by atoms with E-state index in [1.807, 2.05) is 6.07 Å². The minimum atomic E-state index is 0.631. The fraction of sp³-hybridized carbons (Fsp3) is 0.474. The van der Waals surface area contributed by atoms with Crippen LogP contribution in [0.1, 0.15) is 19.3 Å². The van der Waals surface area contributed by atoms with E-state index < -0.39 is 0 Å². The van der Waals surface area contributed by atoms with Crippen molar-refractivity contribution in [1.29, 1.82) is 0 Å². The number of ether oxygens (including phenoxy) is 1. The Morgan fingerprint density at radius 2 is 1.44 bits per heavy atom. The van der Waals surface area contributed by atoms with Gasteiger partial charge in [-0.1, -0.05) is 0 Å². The molecule has 25 heavy (non-hydrogen) atoms. The summed E-state index contributed by atoms with van der Waals surface area (Å²) < 4.78 is 5.51. The number of nitrogens with one attached hydrogen (secondary N) is 1. The summed E-state index contributed by atoms with van der Waals surface area (Å²) in [5.41, 5.74) is 3.56. The average molecular weight is 339 g/mol. The molecule has 0 amide bonds. The van der Waals surface area contributed by atoms with E-state index >= 15 is 0 Å². The Bertz CT molecular complexity index is 645. The molecule has 0 atom stereocenters. The summed E-state index contributed by atoms with van der Waals surface area (Å²) in [6, 6.07) is 8.54. The van der Waals surface area contributed by atoms with Crippen molar-refractivity contribution in [1.82, 2.24) is 9.97 Å². The SMILES string of the molecule is c1cnc(Nc2cc(N3CCCCC3)cc(N3CCOCC3)c2)nc1. The molecular weight excluding hydrogens is 314 g/mol. The highest BCUT2D eigenvalue weighted by Crippen LogP contribution is 2.31. The van der Waals surface area contributed by atoms with E-state index in [4.69, 9.17) is 4.74 Å². The smallest absolute Gasteiger partial charge is 0.227 e. The second kappa shape index (κ2) is 7.70. The highest BCUT2D eigenvalue weighted by molar-refractivity contribution is 5.71. The van der Waals surface area contributed by atoms with Crippen molar-refractivity contribution in [3.8, 4) is 0 Å². The number of benzene rings is 1. The average Bonchev–Trinajstić information content (AvgIpc) is 2.70. The molecule has 6 heteroatoms. The van der Waals surface area contributed by atoms with Crippen LogP contribution in [0, 0.1) is 0 Å². The van der Waals surface area contributed by atoms with Crippen molar-refractivity contribution in [3.05, 3.63) is 36.7 Å². The lowest BCUT2D eigenvalue weighted by molar-refractivity contribution is 0.122. The van der Waals surface area contributed by atoms with Gasteiger partial charge in [0.1, 0.15) is 0 Å². The Morgan fingerprint density at radius 3 is 2.12 bits per heavy atom. The molecule has 2 aliphatic rings. The van der Waals surface area contributed by atoms with Gasteiger partial charge in [-0.05, 0) is 43.5 Å². The quantitative estimate of drug-likeness (QED) is 0.924. The zero-order valence-electron chi connectivity index (χ0n) is 14.5. The predicted octanol–water partition coefficient (Wildman–Crippen LogP) is 3.05. The Morgan fingerprint density at radius 1 is 0.800 bits per heavy atom. The summed E-state index contributed by atoms with van der Waals surface area (Å²) in [5.74, 6) is 0.631. The van der Waals surface area contributed by atoms with Crippen molar-refractivity contribution >= 4 is 23.0 Å². The summed E-state index contributed by atoms with van der Waals surface area (Å²) in [6.07, 6.45) is 7.39. The van der Waals surface area contributed by atoms with Gasteiger partial charge in [-0.25, -0.2) is 9.97 Å². The van der Waals surface area contributed by atoms with Crippen LogP contribution < -0.4 is 15.1 Å². The monoisotopic (exact) mass is 339 g/mol. The van der Waals surface area contributed by atoms with Crippen LogP contribution in [0.3, 0.4) is 0 Å². The van der Waals surface area contributed by atoms with Gasteiger partial charge in [-0.2, -0.15) is 0 Å². The van der Waals surface area contributed by atoms with Gasteiger partial charge < -0.3 is 19.9 Å². The van der Waals surface area contributed by atoms with Gasteiger partial charge in [0, 0.05) is 55.6 Å². The number of anilines is 4. The van der Waals surface area contributed by atoms with E-state index in [1.54, 1.807) is 12.4 Å². The van der Waals surface area contributed by atoms with Crippen LogP contribution in [-0.4, -0.2) is 49.4 Å². The molecule has 3 heterocycles. The van der Waals surface area contributed by atoms with Gasteiger partial charge in [-0.15, -0.1) is 0 Å². The van der Waals surface area contributed by atoms with Crippen molar-refractivity contribution in [3.63, 3.8) is 0 Å². The van der Waals surface area contributed by atoms with Crippen molar-refractivity contribution in [2.24, 2.45) is 0 Å². The lowest BCUT2D eigenvalue weighted by Gasteiger charge is -2.33. The van der Waals surface area contributed by atoms with E-state index in [2.05, 4.69) is 43.3 Å². The van der Waals surface area contributed by atoms with Crippen LogP contribution >= 0.6 is 0 Å². The number of morpholine rings is 1. The normalized spacial score (nSPS) is 18.2. The van der Waals surface area contributed by atoms with Gasteiger partial charge in [0.15, 0.2) is 0 Å². The maximum atomic E-state index is 5.51. The van der Waals surface area contributed by atoms with Crippen LogP contribution in [-0.2, 0) is 4.74 Å². The zero-order chi connectivity index (χ0) is 16.9. The van der Waals surface area contributed by atoms with Gasteiger partial charge in [-0.3, -0.25) is 0 Å². The van der Waals surface area contributed by atoms with Crippen LogP contribution in [0.25, 0.3) is 0 Å². The first kappa shape index (κ1) is 16.1. The second-order valence-electron chi connectivity index (χ2n) is 6.58. The number of rotatable bonds is 4. The predicted molar refractivity (Wildman–Crippen MR) is 101 cm³/mol. The van der Waals surface area contributed by atoms with Gasteiger partial charge in [0.2, 0.25) is 5.95 Å². The molecular formula is C19H25N5O. The van der Waals surface area contributed by atoms with E-state index in [0.29, 0.717) is 5.95 Å². The van der Waals surface area contributed by atoms with Crippen molar-refractivity contribution < 1.29 is 4.74 Å². The molecule has 132 valence electrons. The molecule has 0 spiro atoms. The largest absolute Gasteiger partial charge is 0.378 e. The van der Waals surface area contributed by atoms with Gasteiger partial charge >= 0.3 is 0 Å². The summed E-state index contributed by atoms with van der Waals surface area (Å²) in [7, 11) is 0. The first-order chi connectivity index (χ1) is 12.4. The topological polar surface area (TPSA) is 53.5 Å². The molecule has 1 aromatic heterocycles. The van der Waals surface area contributed by atoms with Crippen LogP contribution in [0.2, 0.25) is 0 Å². The summed E-state index contributed by atoms with van der Waals surface area (Å²) in [5, 5.41) is 3.36. The highest BCUT2D eigenvalue weighted by atomic mass is 16.5. The molecule has 0 radical (unpaired) electrons. The Kier molecular flexibility index (Phi) is 4.97. The summed E-state index contributed by atoms with van der Waals surface area (Å²) in [6.45, 7) is 5.72. The third-order valence-corrected chi connectivity index (χ3v) is 4.82. The van der Waals surface area contributed by atoms with Crippen LogP contribution in [0.5, 0.6) is 0 Å². The Balaban J connectivity index is 1.64. The summed E-state index contributed by atoms with van der Waals surface area (Å²) in [4.78, 5) is 13.5. The summed E-state index contributed by atoms with van der Waals surface area (Å²) >= 11 is 0. The number of hydrogen-bond donors (Lipinski definition) is 1. The maximum absolute atomic E-state index is 5.51. The Hall–Kier alpha value is -2.34. The lowest BCUT2D eigenvalue weighted by Crippen LogP contribution is -2.36. The first-order valence-electron chi connectivity index (χ1n) is 9.15. The Labute approximate surface area is 148 Å². The van der Waals surface area contributed by atoms with E-state index in [9.17, 15) is 0 Å². The van der Waals surface area contributed by atoms with Gasteiger partial charge in [0.25, 0.3) is 0 Å². The van der Waals surface area contributed by atoms with E-state index in [0.717, 1.165) is 45.1 Å². The fourth-order valence-electron chi connectivity index (χ4n) is 3.50. The fourth-order valence-corrected chi connectivity index (χ4v) is 3.50. The third kappa shape index (κ3) is 4.02. The molecule has 0 saturated carbocycles. The molecule has 4 rings (SSSR count). The molecule has 1 N–H and O–H groups in total. The molecule has 2 aliphatic heterocycles. The molecule has 0 bridgehead atoms. The number of piperidine rings is 1. The first-order valence-corrected chi connectivity index (χ1v) is 9.15. The molecule has 1 aromatic carbocycles. The van der Waals surface area contributed by atoms with Crippen molar-refractivity contribution in [2.75, 3.05) is 54.5 Å². The van der Waals surface area contributed by atoms with Gasteiger partial charge in [0.05, 0.1) is 13.2 Å². The number of hydrogen-bond acceptors (Lipinski definition) is 6. The molecule has 2 aromatic rings. The minimum Gasteiger partial charge on any atom is -0.378 e. The lowest BCUT2D eigenvalue weighted by atomic mass is 10.1. The maximum Gasteiger partial charge on any atom is 0.227 e. The second-order valence-corrected chi connectivity index (χ2v) is 6.58. The number of aromatic nitrogens is 2. The van der Waals surface area contributed by atoms with E-state index in [1.165, 1.54) is 30.6 Å². The van der Waals surface area contributed by atoms with Crippen molar-refractivity contribution in [2.45, 2.75) is 19.3 Å². The molecule has 0 aliphatic carbocycles. The van der Waals surface area contributed by atoms with Crippen LogP contribution in [0.4, 0.5) is 23.0 Å². The minimum absolute atomic E-state index is 0.631.